The van der Waals surface area contributed by atoms with Gasteiger partial charge >= 0.3 is 0 Å². The summed E-state index contributed by atoms with van der Waals surface area (Å²) in [6.07, 6.45) is 7.34. The first kappa shape index (κ1) is 33.9. The Morgan fingerprint density at radius 1 is 0.617 bits per heavy atom. The maximum absolute atomic E-state index is 6.54. The quantitative estimate of drug-likeness (QED) is 0.153. The Balaban J connectivity index is 1.12. The molecule has 11 aromatic rings. The average molecular weight is 774 g/mol. The summed E-state index contributed by atoms with van der Waals surface area (Å²) in [5.74, 6) is 0.326. The van der Waals surface area contributed by atoms with Gasteiger partial charge in [-0.2, -0.15) is 9.13 Å². The third-order valence-electron chi connectivity index (χ3n) is 14.1. The van der Waals surface area contributed by atoms with E-state index in [1.807, 2.05) is 0 Å². The van der Waals surface area contributed by atoms with Crippen molar-refractivity contribution in [2.24, 2.45) is 0 Å². The predicted molar refractivity (Wildman–Crippen MR) is 246 cm³/mol. The molecule has 2 unspecified atom stereocenters. The molecular formula is C56H43N3O+2. The molecule has 0 N–H and O–H groups in total. The van der Waals surface area contributed by atoms with E-state index in [1.54, 1.807) is 0 Å². The van der Waals surface area contributed by atoms with Gasteiger partial charge in [-0.1, -0.05) is 54.1 Å². The minimum atomic E-state index is 0.247. The molecule has 0 amide bonds. The van der Waals surface area contributed by atoms with Crippen LogP contribution in [0, 0.1) is 20.8 Å². The molecule has 2 aliphatic rings. The number of benzene rings is 6. The molecule has 0 radical (unpaired) electrons. The molecule has 2 aliphatic heterocycles. The van der Waals surface area contributed by atoms with Gasteiger partial charge in [0.25, 0.3) is 0 Å². The van der Waals surface area contributed by atoms with Crippen LogP contribution in [0.1, 0.15) is 52.6 Å². The number of aryl methyl sites for hydroxylation is 4. The van der Waals surface area contributed by atoms with Crippen LogP contribution in [0.3, 0.4) is 0 Å². The van der Waals surface area contributed by atoms with Crippen molar-refractivity contribution in [2.75, 3.05) is 0 Å². The van der Waals surface area contributed by atoms with Crippen molar-refractivity contribution in [3.8, 4) is 33.6 Å². The third kappa shape index (κ3) is 4.62. The second kappa shape index (κ2) is 12.2. The molecule has 286 valence electrons. The normalized spacial score (nSPS) is 16.4. The second-order valence-electron chi connectivity index (χ2n) is 17.5. The molecule has 0 bridgehead atoms. The van der Waals surface area contributed by atoms with Crippen LogP contribution >= 0.6 is 0 Å². The fourth-order valence-corrected chi connectivity index (χ4v) is 11.7. The monoisotopic (exact) mass is 773 g/mol. The molecule has 4 heteroatoms. The van der Waals surface area contributed by atoms with Crippen LogP contribution in [0.25, 0.3) is 99.4 Å². The lowest BCUT2D eigenvalue weighted by atomic mass is 9.77. The third-order valence-corrected chi connectivity index (χ3v) is 14.1. The van der Waals surface area contributed by atoms with E-state index in [2.05, 4.69) is 180 Å². The Morgan fingerprint density at radius 3 is 2.18 bits per heavy atom. The maximum Gasteiger partial charge on any atom is 0.218 e. The Hall–Kier alpha value is -7.04. The lowest BCUT2D eigenvalue weighted by Gasteiger charge is -2.31. The summed E-state index contributed by atoms with van der Waals surface area (Å²) < 4.78 is 14.0. The maximum atomic E-state index is 6.54. The highest BCUT2D eigenvalue weighted by Crippen LogP contribution is 2.48. The number of rotatable bonds is 1. The van der Waals surface area contributed by atoms with E-state index in [1.165, 1.54) is 99.6 Å². The molecule has 0 saturated carbocycles. The summed E-state index contributed by atoms with van der Waals surface area (Å²) >= 11 is 0. The van der Waals surface area contributed by atoms with Crippen molar-refractivity contribution in [3.05, 3.63) is 180 Å². The Bertz CT molecular complexity index is 3630. The minimum Gasteiger partial charge on any atom is -0.456 e. The van der Waals surface area contributed by atoms with Crippen LogP contribution in [0.2, 0.25) is 0 Å². The van der Waals surface area contributed by atoms with Gasteiger partial charge in [0.15, 0.2) is 24.1 Å². The zero-order valence-corrected chi connectivity index (χ0v) is 34.1. The molecule has 13 rings (SSSR count). The zero-order valence-electron chi connectivity index (χ0n) is 34.1. The number of hydrogen-bond donors (Lipinski definition) is 0. The topological polar surface area (TPSA) is 25.3 Å². The molecule has 5 aromatic heterocycles. The Kier molecular flexibility index (Phi) is 6.92. The van der Waals surface area contributed by atoms with Gasteiger partial charge in [-0.25, -0.2) is 0 Å². The van der Waals surface area contributed by atoms with Crippen LogP contribution in [-0.2, 0) is 6.42 Å². The highest BCUT2D eigenvalue weighted by atomic mass is 16.3. The van der Waals surface area contributed by atoms with Crippen molar-refractivity contribution in [1.82, 2.24) is 4.40 Å². The average Bonchev–Trinajstić information content (AvgIpc) is 3.90. The number of fused-ring (bicyclic) bond motifs is 18. The van der Waals surface area contributed by atoms with Crippen molar-refractivity contribution >= 4 is 65.7 Å². The first-order chi connectivity index (χ1) is 29.4. The highest BCUT2D eigenvalue weighted by Gasteiger charge is 2.42. The van der Waals surface area contributed by atoms with E-state index in [4.69, 9.17) is 11.0 Å². The van der Waals surface area contributed by atoms with Gasteiger partial charge < -0.3 is 8.82 Å². The molecule has 7 heterocycles. The number of para-hydroxylation sites is 1. The van der Waals surface area contributed by atoms with Crippen molar-refractivity contribution in [2.45, 2.75) is 52.0 Å². The van der Waals surface area contributed by atoms with Gasteiger partial charge in [0.1, 0.15) is 11.2 Å². The van der Waals surface area contributed by atoms with Crippen molar-refractivity contribution in [1.29, 1.82) is 0 Å². The molecule has 6 aromatic carbocycles. The van der Waals surface area contributed by atoms with Crippen LogP contribution in [0.15, 0.2) is 157 Å². The van der Waals surface area contributed by atoms with Crippen LogP contribution in [-0.4, -0.2) is 4.40 Å². The van der Waals surface area contributed by atoms with Crippen molar-refractivity contribution < 1.29 is 13.6 Å². The van der Waals surface area contributed by atoms with Gasteiger partial charge in [-0.15, -0.1) is 0 Å². The standard InChI is InChI=1S/C56H43N3O/c1-32-23-33(2)55(34(3)24-32)37-26-46-43-29-42-36(28-51(43)59-52-30-45-41-15-7-8-18-53(41)60-54(45)31-44(52)47(27-37)56(46)59)19-20-40-38-13-5-6-14-39(38)48-16-10-12-22-58(48)50(40)25-35(4)57-21-11-9-17-49(42)57/h5-18,21-24,26-31,40,50H,4,19-20,25H2,1-3H3/q+2. The Morgan fingerprint density at radius 2 is 1.33 bits per heavy atom. The van der Waals surface area contributed by atoms with Crippen LogP contribution in [0.4, 0.5) is 0 Å². The number of allylic oxidation sites excluding steroid dienone is 1. The summed E-state index contributed by atoms with van der Waals surface area (Å²) in [5.41, 5.74) is 21.1. The van der Waals surface area contributed by atoms with Gasteiger partial charge in [0.2, 0.25) is 11.4 Å². The smallest absolute Gasteiger partial charge is 0.218 e. The van der Waals surface area contributed by atoms with E-state index in [9.17, 15) is 0 Å². The molecule has 0 spiro atoms. The largest absolute Gasteiger partial charge is 0.456 e. The summed E-state index contributed by atoms with van der Waals surface area (Å²) in [6.45, 7) is 11.5. The number of hydrogen-bond acceptors (Lipinski definition) is 1. The number of furan rings is 1. The SMILES string of the molecule is C=C1CC2C(CCc3cc4c(cc3-c3cccc[n+]31)c1cc(-c3c(C)cc(C)cc3C)cc3c5cc6oc7ccccc7c6cc5n4c13)c1ccccc1-c1cccc[n+]12. The van der Waals surface area contributed by atoms with E-state index in [0.29, 0.717) is 5.92 Å². The molecule has 0 aliphatic carbocycles. The first-order valence-electron chi connectivity index (χ1n) is 21.4. The van der Waals surface area contributed by atoms with Gasteiger partial charge in [0.05, 0.1) is 28.5 Å². The van der Waals surface area contributed by atoms with E-state index in [0.717, 1.165) is 46.9 Å². The highest BCUT2D eigenvalue weighted by molar-refractivity contribution is 6.27. The fourth-order valence-electron chi connectivity index (χ4n) is 11.7. The number of nitrogens with zero attached hydrogens (tertiary/aromatic N) is 3. The lowest BCUT2D eigenvalue weighted by molar-refractivity contribution is -0.720. The fraction of sp³-hybridized carbons (Fsp3) is 0.143. The summed E-state index contributed by atoms with van der Waals surface area (Å²) in [4.78, 5) is 0. The molecule has 2 atom stereocenters. The molecule has 4 nitrogen and oxygen atoms in total. The van der Waals surface area contributed by atoms with E-state index in [-0.39, 0.29) is 6.04 Å². The second-order valence-corrected chi connectivity index (χ2v) is 17.5. The van der Waals surface area contributed by atoms with Crippen molar-refractivity contribution in [3.63, 3.8) is 0 Å². The molecule has 0 fully saturated rings. The molecular weight excluding hydrogens is 731 g/mol. The number of aromatic nitrogens is 3. The van der Waals surface area contributed by atoms with E-state index >= 15 is 0 Å². The predicted octanol–water partition coefficient (Wildman–Crippen LogP) is 13.4. The van der Waals surface area contributed by atoms with Gasteiger partial charge in [-0.3, -0.25) is 0 Å². The molecule has 0 saturated heterocycles. The first-order valence-corrected chi connectivity index (χ1v) is 21.4. The summed E-state index contributed by atoms with van der Waals surface area (Å²) in [7, 11) is 0. The van der Waals surface area contributed by atoms with Gasteiger partial charge in [0, 0.05) is 68.1 Å². The van der Waals surface area contributed by atoms with Crippen LogP contribution in [0.5, 0.6) is 0 Å². The molecule has 60 heavy (non-hydrogen) atoms. The Labute approximate surface area is 348 Å². The van der Waals surface area contributed by atoms with Crippen LogP contribution < -0.4 is 9.13 Å². The zero-order chi connectivity index (χ0) is 40.0. The van der Waals surface area contributed by atoms with Gasteiger partial charge in [-0.05, 0) is 134 Å². The minimum absolute atomic E-state index is 0.247. The number of pyridine rings is 2. The lowest BCUT2D eigenvalue weighted by Crippen LogP contribution is -2.49. The van der Waals surface area contributed by atoms with E-state index < -0.39 is 0 Å². The summed E-state index contributed by atoms with van der Waals surface area (Å²) in [6, 6.07) is 50.3. The summed E-state index contributed by atoms with van der Waals surface area (Å²) in [5, 5.41) is 7.35.